The second-order valence-electron chi connectivity index (χ2n) is 9.01. The predicted octanol–water partition coefficient (Wildman–Crippen LogP) is 8.90. The molecule has 0 N–H and O–H groups in total. The maximum atomic E-state index is 14.7. The van der Waals surface area contributed by atoms with Gasteiger partial charge in [0.25, 0.3) is 0 Å². The molecule has 3 rings (SSSR count). The molecule has 1 aromatic heterocycles. The highest BCUT2D eigenvalue weighted by Gasteiger charge is 2.06. The third-order valence-corrected chi connectivity index (χ3v) is 6.04. The van der Waals surface area contributed by atoms with Crippen molar-refractivity contribution in [2.75, 3.05) is 13.2 Å². The third kappa shape index (κ3) is 8.76. The van der Waals surface area contributed by atoms with Crippen molar-refractivity contribution in [1.29, 1.82) is 0 Å². The lowest BCUT2D eigenvalue weighted by molar-refractivity contribution is 0.0566. The molecule has 190 valence electrons. The topological polar surface area (TPSA) is 31.4 Å². The fourth-order valence-corrected chi connectivity index (χ4v) is 3.91. The summed E-state index contributed by atoms with van der Waals surface area (Å²) < 4.78 is 26.1. The van der Waals surface area contributed by atoms with Crippen LogP contribution in [0.4, 0.5) is 4.39 Å². The average Bonchev–Trinajstić information content (AvgIpc) is 2.91. The molecule has 1 unspecified atom stereocenters. The summed E-state index contributed by atoms with van der Waals surface area (Å²) in [5.74, 6) is 0.562. The molecule has 3 nitrogen and oxygen atoms in total. The van der Waals surface area contributed by atoms with E-state index in [1.807, 2.05) is 66.9 Å². The summed E-state index contributed by atoms with van der Waals surface area (Å²) in [7, 11) is 0. The van der Waals surface area contributed by atoms with Crippen LogP contribution in [0.1, 0.15) is 57.9 Å². The quantitative estimate of drug-likeness (QED) is 0.158. The van der Waals surface area contributed by atoms with Gasteiger partial charge in [-0.05, 0) is 62.4 Å². The fourth-order valence-electron chi connectivity index (χ4n) is 3.91. The van der Waals surface area contributed by atoms with Gasteiger partial charge in [-0.25, -0.2) is 4.39 Å². The van der Waals surface area contributed by atoms with E-state index in [9.17, 15) is 4.39 Å². The summed E-state index contributed by atoms with van der Waals surface area (Å²) in [5.41, 5.74) is 4.14. The van der Waals surface area contributed by atoms with Crippen LogP contribution in [0.5, 0.6) is 5.75 Å². The lowest BCUT2D eigenvalue weighted by Gasteiger charge is -2.12. The zero-order valence-electron chi connectivity index (χ0n) is 21.6. The van der Waals surface area contributed by atoms with Gasteiger partial charge in [-0.15, -0.1) is 0 Å². The van der Waals surface area contributed by atoms with Crippen molar-refractivity contribution in [1.82, 2.24) is 4.98 Å². The molecule has 0 fully saturated rings. The molecule has 3 aromatic rings. The van der Waals surface area contributed by atoms with E-state index in [1.165, 1.54) is 12.8 Å². The van der Waals surface area contributed by atoms with E-state index in [-0.39, 0.29) is 11.9 Å². The van der Waals surface area contributed by atoms with E-state index < -0.39 is 0 Å². The minimum Gasteiger partial charge on any atom is -0.490 e. The number of allylic oxidation sites excluding steroid dienone is 1. The number of pyridine rings is 1. The van der Waals surface area contributed by atoms with Gasteiger partial charge < -0.3 is 9.47 Å². The number of rotatable bonds is 15. The minimum absolute atomic E-state index is 0.239. The van der Waals surface area contributed by atoms with Gasteiger partial charge in [-0.2, -0.15) is 0 Å². The molecule has 2 aromatic carbocycles. The Balaban J connectivity index is 1.51. The molecule has 0 aliphatic heterocycles. The van der Waals surface area contributed by atoms with E-state index in [1.54, 1.807) is 12.1 Å². The van der Waals surface area contributed by atoms with Gasteiger partial charge in [0.2, 0.25) is 0 Å². The monoisotopic (exact) mass is 487 g/mol. The molecule has 0 saturated heterocycles. The summed E-state index contributed by atoms with van der Waals surface area (Å²) in [6, 6.07) is 17.1. The van der Waals surface area contributed by atoms with Crippen LogP contribution in [0.25, 0.3) is 28.5 Å². The summed E-state index contributed by atoms with van der Waals surface area (Å²) in [6.07, 6.45) is 14.3. The molecule has 0 radical (unpaired) electrons. The van der Waals surface area contributed by atoms with Crippen molar-refractivity contribution in [2.45, 2.75) is 58.5 Å². The van der Waals surface area contributed by atoms with Gasteiger partial charge in [-0.1, -0.05) is 74.9 Å². The van der Waals surface area contributed by atoms with Gasteiger partial charge in [0.1, 0.15) is 18.2 Å². The Morgan fingerprint density at radius 3 is 2.44 bits per heavy atom. The molecule has 1 atom stereocenters. The van der Waals surface area contributed by atoms with Crippen LogP contribution in [0.2, 0.25) is 0 Å². The average molecular weight is 488 g/mol. The lowest BCUT2D eigenvalue weighted by atomic mass is 10.0. The van der Waals surface area contributed by atoms with Crippen LogP contribution >= 0.6 is 0 Å². The summed E-state index contributed by atoms with van der Waals surface area (Å²) >= 11 is 0. The molecular formula is C32H38FNO2. The van der Waals surface area contributed by atoms with E-state index in [2.05, 4.69) is 25.4 Å². The van der Waals surface area contributed by atoms with Crippen LogP contribution in [-0.2, 0) is 4.74 Å². The number of hydrogen-bond acceptors (Lipinski definition) is 3. The van der Waals surface area contributed by atoms with Crippen molar-refractivity contribution in [3.8, 4) is 28.1 Å². The molecule has 0 aliphatic rings. The predicted molar refractivity (Wildman–Crippen MR) is 149 cm³/mol. The first-order valence-corrected chi connectivity index (χ1v) is 13.0. The Morgan fingerprint density at radius 2 is 1.75 bits per heavy atom. The third-order valence-electron chi connectivity index (χ3n) is 6.04. The summed E-state index contributed by atoms with van der Waals surface area (Å²) in [5, 5.41) is 0. The first-order valence-electron chi connectivity index (χ1n) is 13.0. The lowest BCUT2D eigenvalue weighted by Crippen LogP contribution is -2.08. The van der Waals surface area contributed by atoms with Gasteiger partial charge in [0.05, 0.1) is 11.8 Å². The van der Waals surface area contributed by atoms with Crippen LogP contribution < -0.4 is 4.74 Å². The molecule has 0 spiro atoms. The second-order valence-corrected chi connectivity index (χ2v) is 9.01. The highest BCUT2D eigenvalue weighted by molar-refractivity contribution is 5.68. The second kappa shape index (κ2) is 15.0. The van der Waals surface area contributed by atoms with Crippen molar-refractivity contribution < 1.29 is 13.9 Å². The molecule has 0 bridgehead atoms. The van der Waals surface area contributed by atoms with Crippen molar-refractivity contribution in [3.05, 3.63) is 90.9 Å². The van der Waals surface area contributed by atoms with E-state index >= 15 is 0 Å². The van der Waals surface area contributed by atoms with Crippen LogP contribution in [0, 0.1) is 5.82 Å². The number of halogens is 1. The van der Waals surface area contributed by atoms with E-state index in [0.29, 0.717) is 12.2 Å². The van der Waals surface area contributed by atoms with Crippen LogP contribution in [0.3, 0.4) is 0 Å². The molecular weight excluding hydrogens is 449 g/mol. The Bertz CT molecular complexity index is 1090. The highest BCUT2D eigenvalue weighted by Crippen LogP contribution is 2.26. The first kappa shape index (κ1) is 27.3. The molecule has 1 heterocycles. The normalized spacial score (nSPS) is 12.1. The molecule has 4 heteroatoms. The van der Waals surface area contributed by atoms with E-state index in [0.717, 1.165) is 60.4 Å². The standard InChI is InChI=1S/C32H38FNO2/c1-4-6-10-22-35-25(3)11-8-7-9-12-27-13-14-28(23-31(27)33)32-20-17-29(24-34-32)26-15-18-30(19-16-26)36-21-5-2/h5,9,12-20,23-25H,2,4,6-8,10-11,21-22H2,1,3H3. The molecule has 0 amide bonds. The number of nitrogens with zero attached hydrogens (tertiary/aromatic N) is 1. The summed E-state index contributed by atoms with van der Waals surface area (Å²) in [6.45, 7) is 9.31. The zero-order chi connectivity index (χ0) is 25.6. The first-order chi connectivity index (χ1) is 17.6. The Labute approximate surface area is 215 Å². The smallest absolute Gasteiger partial charge is 0.131 e. The molecule has 0 aliphatic carbocycles. The maximum Gasteiger partial charge on any atom is 0.131 e. The largest absolute Gasteiger partial charge is 0.490 e. The number of aromatic nitrogens is 1. The van der Waals surface area contributed by atoms with Crippen molar-refractivity contribution in [2.24, 2.45) is 0 Å². The zero-order valence-corrected chi connectivity index (χ0v) is 21.6. The number of unbranched alkanes of at least 4 members (excludes halogenated alkanes) is 3. The van der Waals surface area contributed by atoms with Gasteiger partial charge in [0.15, 0.2) is 0 Å². The van der Waals surface area contributed by atoms with Crippen LogP contribution in [0.15, 0.2) is 79.5 Å². The van der Waals surface area contributed by atoms with Crippen LogP contribution in [-0.4, -0.2) is 24.3 Å². The number of hydrogen-bond donors (Lipinski definition) is 0. The summed E-state index contributed by atoms with van der Waals surface area (Å²) in [4.78, 5) is 4.56. The maximum absolute atomic E-state index is 14.7. The highest BCUT2D eigenvalue weighted by atomic mass is 19.1. The Hall–Kier alpha value is -3.24. The SMILES string of the molecule is C=CCOc1ccc(-c2ccc(-c3ccc(C=CCCCC(C)OCCCCC)c(F)c3)nc2)cc1. The fraction of sp³-hybridized carbons (Fsp3) is 0.344. The minimum atomic E-state index is -0.239. The van der Waals surface area contributed by atoms with Crippen molar-refractivity contribution >= 4 is 6.08 Å². The van der Waals surface area contributed by atoms with E-state index in [4.69, 9.17) is 9.47 Å². The Morgan fingerprint density at radius 1 is 0.972 bits per heavy atom. The van der Waals surface area contributed by atoms with Crippen molar-refractivity contribution in [3.63, 3.8) is 0 Å². The number of benzene rings is 2. The number of ether oxygens (including phenoxy) is 2. The molecule has 0 saturated carbocycles. The molecule has 36 heavy (non-hydrogen) atoms. The van der Waals surface area contributed by atoms with Gasteiger partial charge in [0, 0.05) is 29.5 Å². The van der Waals surface area contributed by atoms with Gasteiger partial charge in [-0.3, -0.25) is 4.98 Å². The Kier molecular flexibility index (Phi) is 11.4. The van der Waals surface area contributed by atoms with Gasteiger partial charge >= 0.3 is 0 Å².